The summed E-state index contributed by atoms with van der Waals surface area (Å²) in [6.07, 6.45) is 3.50. The van der Waals surface area contributed by atoms with Crippen molar-refractivity contribution in [3.8, 4) is 22.8 Å². The van der Waals surface area contributed by atoms with E-state index in [2.05, 4.69) is 31.2 Å². The maximum atomic E-state index is 6.24. The van der Waals surface area contributed by atoms with Gasteiger partial charge in [-0.1, -0.05) is 25.5 Å². The smallest absolute Gasteiger partial charge is 0.137 e. The lowest BCUT2D eigenvalue weighted by atomic mass is 10.1. The zero-order chi connectivity index (χ0) is 22.3. The molecule has 0 N–H and O–H groups in total. The van der Waals surface area contributed by atoms with Gasteiger partial charge in [0, 0.05) is 17.0 Å². The van der Waals surface area contributed by atoms with Crippen LogP contribution in [-0.2, 0) is 6.42 Å². The Hall–Kier alpha value is -3.53. The Morgan fingerprint density at radius 1 is 0.844 bits per heavy atom. The van der Waals surface area contributed by atoms with Crippen LogP contribution < -0.4 is 14.8 Å². The summed E-state index contributed by atoms with van der Waals surface area (Å²) in [6, 6.07) is 24.2. The van der Waals surface area contributed by atoms with Crippen LogP contribution in [0.2, 0.25) is 0 Å². The summed E-state index contributed by atoms with van der Waals surface area (Å²) < 4.78 is 17.2. The molecule has 0 bridgehead atoms. The molecule has 0 radical (unpaired) electrons. The van der Waals surface area contributed by atoms with Gasteiger partial charge in [-0.05, 0) is 79.9 Å². The van der Waals surface area contributed by atoms with E-state index < -0.39 is 0 Å². The minimum absolute atomic E-state index is 0.609. The number of rotatable bonds is 8. The van der Waals surface area contributed by atoms with E-state index in [0.29, 0.717) is 6.61 Å². The number of aryl methyl sites for hydroxylation is 1. The SMILES string of the molecule is CCCCc1ccc(N=c2cc(-c3ccc(OC)cc3)oc3ccc(OCC)cc23)cc1. The van der Waals surface area contributed by atoms with Gasteiger partial charge in [0.2, 0.25) is 0 Å². The number of hydrogen-bond acceptors (Lipinski definition) is 4. The van der Waals surface area contributed by atoms with Crippen molar-refractivity contribution in [3.05, 3.63) is 83.7 Å². The van der Waals surface area contributed by atoms with E-state index in [-0.39, 0.29) is 0 Å². The highest BCUT2D eigenvalue weighted by Crippen LogP contribution is 2.27. The first-order chi connectivity index (χ1) is 15.7. The zero-order valence-corrected chi connectivity index (χ0v) is 18.9. The average molecular weight is 428 g/mol. The lowest BCUT2D eigenvalue weighted by molar-refractivity contribution is 0.340. The fraction of sp³-hybridized carbons (Fsp3) is 0.250. The Labute approximate surface area is 189 Å². The second kappa shape index (κ2) is 10.2. The van der Waals surface area contributed by atoms with Crippen molar-refractivity contribution in [2.45, 2.75) is 33.1 Å². The first-order valence-corrected chi connectivity index (χ1v) is 11.2. The standard InChI is InChI=1S/C28H29NO3/c1-4-6-7-20-8-12-22(13-9-20)29-26-19-28(21-10-14-23(30-3)15-11-21)32-27-17-16-24(31-5-2)18-25(26)27/h8-19H,4-7H2,1-3H3. The second-order valence-corrected chi connectivity index (χ2v) is 7.70. The molecule has 0 unspecified atom stereocenters. The van der Waals surface area contributed by atoms with Crippen LogP contribution in [0.4, 0.5) is 5.69 Å². The molecule has 0 aliphatic heterocycles. The average Bonchev–Trinajstić information content (AvgIpc) is 2.84. The van der Waals surface area contributed by atoms with Gasteiger partial charge in [0.25, 0.3) is 0 Å². The molecule has 0 amide bonds. The van der Waals surface area contributed by atoms with Crippen molar-refractivity contribution in [2.75, 3.05) is 13.7 Å². The molecule has 4 rings (SSSR count). The van der Waals surface area contributed by atoms with E-state index >= 15 is 0 Å². The van der Waals surface area contributed by atoms with Gasteiger partial charge in [-0.25, -0.2) is 4.99 Å². The topological polar surface area (TPSA) is 44.0 Å². The van der Waals surface area contributed by atoms with Crippen LogP contribution in [0.3, 0.4) is 0 Å². The molecule has 0 saturated heterocycles. The summed E-state index contributed by atoms with van der Waals surface area (Å²) >= 11 is 0. The van der Waals surface area contributed by atoms with Crippen LogP contribution in [0, 0.1) is 0 Å². The highest BCUT2D eigenvalue weighted by atomic mass is 16.5. The van der Waals surface area contributed by atoms with Gasteiger partial charge in [-0.15, -0.1) is 0 Å². The van der Waals surface area contributed by atoms with Crippen LogP contribution in [-0.4, -0.2) is 13.7 Å². The van der Waals surface area contributed by atoms with Crippen molar-refractivity contribution in [1.29, 1.82) is 0 Å². The number of fused-ring (bicyclic) bond motifs is 1. The first-order valence-electron chi connectivity index (χ1n) is 11.2. The third kappa shape index (κ3) is 5.02. The van der Waals surface area contributed by atoms with Crippen LogP contribution in [0.25, 0.3) is 22.3 Å². The van der Waals surface area contributed by atoms with Gasteiger partial charge in [-0.2, -0.15) is 0 Å². The summed E-state index contributed by atoms with van der Waals surface area (Å²) in [5.74, 6) is 2.37. The van der Waals surface area contributed by atoms with Gasteiger partial charge in [0.05, 0.1) is 24.8 Å². The summed E-state index contributed by atoms with van der Waals surface area (Å²) in [5.41, 5.74) is 3.99. The highest BCUT2D eigenvalue weighted by molar-refractivity contribution is 5.80. The molecule has 1 aromatic heterocycles. The van der Waals surface area contributed by atoms with Crippen molar-refractivity contribution >= 4 is 16.7 Å². The predicted octanol–water partition coefficient (Wildman–Crippen LogP) is 7.08. The third-order valence-corrected chi connectivity index (χ3v) is 5.41. The summed E-state index contributed by atoms with van der Waals surface area (Å²) in [7, 11) is 1.66. The molecule has 0 aliphatic rings. The number of hydrogen-bond donors (Lipinski definition) is 0. The van der Waals surface area contributed by atoms with Gasteiger partial charge in [0.1, 0.15) is 22.8 Å². The number of benzene rings is 3. The molecule has 4 nitrogen and oxygen atoms in total. The molecule has 0 spiro atoms. The number of ether oxygens (including phenoxy) is 2. The molecule has 32 heavy (non-hydrogen) atoms. The molecule has 0 fully saturated rings. The molecule has 0 saturated carbocycles. The molecule has 4 aromatic rings. The Kier molecular flexibility index (Phi) is 6.90. The Balaban J connectivity index is 1.83. The molecule has 164 valence electrons. The van der Waals surface area contributed by atoms with Gasteiger partial charge < -0.3 is 13.9 Å². The molecule has 4 heteroatoms. The molecular weight excluding hydrogens is 398 g/mol. The van der Waals surface area contributed by atoms with Gasteiger partial charge >= 0.3 is 0 Å². The van der Waals surface area contributed by atoms with Gasteiger partial charge in [-0.3, -0.25) is 0 Å². The highest BCUT2D eigenvalue weighted by Gasteiger charge is 2.08. The van der Waals surface area contributed by atoms with Crippen LogP contribution in [0.5, 0.6) is 11.5 Å². The minimum atomic E-state index is 0.609. The fourth-order valence-corrected chi connectivity index (χ4v) is 3.65. The van der Waals surface area contributed by atoms with E-state index in [1.807, 2.05) is 55.5 Å². The molecule has 1 heterocycles. The first kappa shape index (κ1) is 21.7. The van der Waals surface area contributed by atoms with E-state index in [9.17, 15) is 0 Å². The normalized spacial score (nSPS) is 11.7. The van der Waals surface area contributed by atoms with Crippen LogP contribution >= 0.6 is 0 Å². The molecule has 0 atom stereocenters. The Morgan fingerprint density at radius 2 is 1.59 bits per heavy atom. The summed E-state index contributed by atoms with van der Waals surface area (Å²) in [6.45, 7) is 4.80. The van der Waals surface area contributed by atoms with E-state index in [1.165, 1.54) is 18.4 Å². The zero-order valence-electron chi connectivity index (χ0n) is 18.9. The van der Waals surface area contributed by atoms with Crippen molar-refractivity contribution < 1.29 is 13.9 Å². The lowest BCUT2D eigenvalue weighted by Gasteiger charge is -2.08. The maximum Gasteiger partial charge on any atom is 0.137 e. The second-order valence-electron chi connectivity index (χ2n) is 7.70. The fourth-order valence-electron chi connectivity index (χ4n) is 3.65. The molecule has 3 aromatic carbocycles. The minimum Gasteiger partial charge on any atom is -0.497 e. The maximum absolute atomic E-state index is 6.24. The van der Waals surface area contributed by atoms with Crippen LogP contribution in [0.15, 0.2) is 82.2 Å². The number of methoxy groups -OCH3 is 1. The van der Waals surface area contributed by atoms with Crippen molar-refractivity contribution in [2.24, 2.45) is 4.99 Å². The summed E-state index contributed by atoms with van der Waals surface area (Å²) in [5, 5.41) is 1.77. The van der Waals surface area contributed by atoms with E-state index in [4.69, 9.17) is 18.9 Å². The monoisotopic (exact) mass is 427 g/mol. The molecular formula is C28H29NO3. The van der Waals surface area contributed by atoms with E-state index in [0.717, 1.165) is 51.3 Å². The predicted molar refractivity (Wildman–Crippen MR) is 130 cm³/mol. The lowest BCUT2D eigenvalue weighted by Crippen LogP contribution is -2.04. The van der Waals surface area contributed by atoms with Crippen molar-refractivity contribution in [3.63, 3.8) is 0 Å². The van der Waals surface area contributed by atoms with Crippen LogP contribution in [0.1, 0.15) is 32.3 Å². The number of unbranched alkanes of at least 4 members (excludes halogenated alkanes) is 1. The Bertz CT molecular complexity index is 1240. The van der Waals surface area contributed by atoms with E-state index in [1.54, 1.807) is 7.11 Å². The van der Waals surface area contributed by atoms with Gasteiger partial charge in [0.15, 0.2) is 0 Å². The summed E-state index contributed by atoms with van der Waals surface area (Å²) in [4.78, 5) is 4.97. The number of nitrogens with zero attached hydrogens (tertiary/aromatic N) is 1. The van der Waals surface area contributed by atoms with Crippen molar-refractivity contribution in [1.82, 2.24) is 0 Å². The quantitative estimate of drug-likeness (QED) is 0.302. The largest absolute Gasteiger partial charge is 0.497 e. The third-order valence-electron chi connectivity index (χ3n) is 5.41. The molecule has 0 aliphatic carbocycles. The Morgan fingerprint density at radius 3 is 2.28 bits per heavy atom.